The lowest BCUT2D eigenvalue weighted by Crippen LogP contribution is -1.89. The van der Waals surface area contributed by atoms with Crippen LogP contribution in [0.2, 0.25) is 0 Å². The molecule has 0 atom stereocenters. The Morgan fingerprint density at radius 2 is 0.707 bits per heavy atom. The van der Waals surface area contributed by atoms with Gasteiger partial charge in [-0.1, -0.05) is 158 Å². The molecule has 0 bridgehead atoms. The van der Waals surface area contributed by atoms with E-state index in [0.29, 0.717) is 0 Å². The zero-order valence-corrected chi connectivity index (χ0v) is 31.5. The summed E-state index contributed by atoms with van der Waals surface area (Å²) in [5.74, 6) is 0. The molecule has 0 N–H and O–H groups in total. The highest BCUT2D eigenvalue weighted by Gasteiger charge is 2.26. The van der Waals surface area contributed by atoms with E-state index in [-0.39, 0.29) is 0 Å². The van der Waals surface area contributed by atoms with Gasteiger partial charge in [-0.05, 0) is 178 Å². The molecule has 264 valence electrons. The van der Waals surface area contributed by atoms with E-state index < -0.39 is 0 Å². The van der Waals surface area contributed by atoms with Crippen LogP contribution in [0.1, 0.15) is 0 Å². The first-order valence-corrected chi connectivity index (χ1v) is 20.3. The van der Waals surface area contributed by atoms with Crippen molar-refractivity contribution in [2.45, 2.75) is 0 Å². The molecular weight excluding hydrogens is 697 g/mol. The van der Waals surface area contributed by atoms with E-state index in [0.717, 1.165) is 0 Å². The van der Waals surface area contributed by atoms with Gasteiger partial charge < -0.3 is 0 Å². The van der Waals surface area contributed by atoms with Crippen molar-refractivity contribution in [3.63, 3.8) is 0 Å². The molecule has 0 aliphatic rings. The van der Waals surface area contributed by atoms with Crippen molar-refractivity contribution in [1.82, 2.24) is 0 Å². The second kappa shape index (κ2) is 11.1. The van der Waals surface area contributed by atoms with Crippen molar-refractivity contribution >= 4 is 108 Å². The molecule has 14 aromatic rings. The molecule has 0 spiro atoms. The fourth-order valence-corrected chi connectivity index (χ4v) is 11.1. The molecule has 0 fully saturated rings. The van der Waals surface area contributed by atoms with Crippen LogP contribution in [0, 0.1) is 0 Å². The molecule has 0 aliphatic heterocycles. The number of hydrogen-bond acceptors (Lipinski definition) is 0. The predicted molar refractivity (Wildman–Crippen MR) is 251 cm³/mol. The van der Waals surface area contributed by atoms with Gasteiger partial charge in [-0.3, -0.25) is 0 Å². The molecule has 0 aromatic heterocycles. The Bertz CT molecular complexity index is 3970. The Balaban J connectivity index is 1.24. The van der Waals surface area contributed by atoms with Crippen LogP contribution < -0.4 is 0 Å². The average Bonchev–Trinajstić information content (AvgIpc) is 3.78. The number of fused-ring (bicyclic) bond motifs is 9. The van der Waals surface area contributed by atoms with Gasteiger partial charge in [-0.15, -0.1) is 0 Å². The van der Waals surface area contributed by atoms with E-state index in [1.165, 1.54) is 141 Å². The minimum atomic E-state index is 1.25. The molecule has 14 rings (SSSR count). The van der Waals surface area contributed by atoms with E-state index in [9.17, 15) is 0 Å². The second-order valence-electron chi connectivity index (χ2n) is 16.3. The minimum Gasteiger partial charge on any atom is -0.0622 e. The van der Waals surface area contributed by atoms with Crippen LogP contribution in [-0.4, -0.2) is 0 Å². The summed E-state index contributed by atoms with van der Waals surface area (Å²) in [4.78, 5) is 0. The van der Waals surface area contributed by atoms with Gasteiger partial charge in [0.15, 0.2) is 0 Å². The zero-order valence-electron chi connectivity index (χ0n) is 31.5. The summed E-state index contributed by atoms with van der Waals surface area (Å²) in [5, 5.41) is 26.5. The first kappa shape index (κ1) is 30.7. The van der Waals surface area contributed by atoms with Crippen LogP contribution in [0.5, 0.6) is 0 Å². The molecule has 14 aromatic carbocycles. The summed E-state index contributed by atoms with van der Waals surface area (Å²) < 4.78 is 0. The first-order chi connectivity index (χ1) is 28.8. The number of hydrogen-bond donors (Lipinski definition) is 0. The molecule has 0 nitrogen and oxygen atoms in total. The summed E-state index contributed by atoms with van der Waals surface area (Å²) in [7, 11) is 0. The zero-order chi connectivity index (χ0) is 37.6. The smallest absolute Gasteiger partial charge is 0.000719 e. The van der Waals surface area contributed by atoms with Crippen LogP contribution in [0.25, 0.3) is 141 Å². The third kappa shape index (κ3) is 3.89. The van der Waals surface area contributed by atoms with Gasteiger partial charge in [0, 0.05) is 0 Å². The third-order valence-electron chi connectivity index (χ3n) is 13.4. The molecule has 0 heteroatoms. The fourth-order valence-electron chi connectivity index (χ4n) is 11.1. The molecule has 58 heavy (non-hydrogen) atoms. The maximum Gasteiger partial charge on any atom is -0.000719 e. The lowest BCUT2D eigenvalue weighted by atomic mass is 9.85. The van der Waals surface area contributed by atoms with Gasteiger partial charge in [-0.2, -0.15) is 0 Å². The summed E-state index contributed by atoms with van der Waals surface area (Å²) in [5.41, 5.74) is 7.62. The Morgan fingerprint density at radius 1 is 0.172 bits per heavy atom. The summed E-state index contributed by atoms with van der Waals surface area (Å²) >= 11 is 0. The van der Waals surface area contributed by atoms with Crippen molar-refractivity contribution in [3.8, 4) is 33.4 Å². The topological polar surface area (TPSA) is 0 Å². The summed E-state index contributed by atoms with van der Waals surface area (Å²) in [6.45, 7) is 0. The second-order valence-corrected chi connectivity index (χ2v) is 16.3. The highest BCUT2D eigenvalue weighted by Crippen LogP contribution is 2.54. The van der Waals surface area contributed by atoms with Crippen molar-refractivity contribution in [1.29, 1.82) is 0 Å². The maximum atomic E-state index is 2.56. The van der Waals surface area contributed by atoms with Crippen molar-refractivity contribution in [3.05, 3.63) is 194 Å². The summed E-state index contributed by atoms with van der Waals surface area (Å²) in [6.07, 6.45) is 0. The molecule has 0 amide bonds. The first-order valence-electron chi connectivity index (χ1n) is 20.3. The Labute approximate surface area is 333 Å². The summed E-state index contributed by atoms with van der Waals surface area (Å²) in [6, 6.07) is 73.2. The molecule has 0 aliphatic carbocycles. The molecule has 0 saturated heterocycles. The lowest BCUT2D eigenvalue weighted by molar-refractivity contribution is 1.66. The standard InChI is InChI=1S/C58H32/c1-4-13-33(14-5-1)39-27-38-24-23-36-25-26-43-45-31-48-49(32-46(45)47-30-40(28-39)51(38)54(36)56(43)47)52(34-15-6-2-7-16-34)57-44-22-12-21-42-41-20-11-10-19-37(41)29-50(55(42)44)58(57)53(48)35-17-8-3-9-18-35/h1-32H. The van der Waals surface area contributed by atoms with Gasteiger partial charge in [-0.25, -0.2) is 0 Å². The maximum absolute atomic E-state index is 2.56. The quantitative estimate of drug-likeness (QED) is 0.159. The lowest BCUT2D eigenvalue weighted by Gasteiger charge is -2.17. The minimum absolute atomic E-state index is 1.25. The van der Waals surface area contributed by atoms with Gasteiger partial charge in [0.2, 0.25) is 0 Å². The molecular formula is C58H32. The predicted octanol–water partition coefficient (Wildman–Crippen LogP) is 16.5. The van der Waals surface area contributed by atoms with Crippen LogP contribution >= 0.6 is 0 Å². The van der Waals surface area contributed by atoms with E-state index >= 15 is 0 Å². The van der Waals surface area contributed by atoms with Crippen molar-refractivity contribution < 1.29 is 0 Å². The molecule has 0 heterocycles. The van der Waals surface area contributed by atoms with Gasteiger partial charge in [0.25, 0.3) is 0 Å². The van der Waals surface area contributed by atoms with Crippen LogP contribution in [-0.2, 0) is 0 Å². The van der Waals surface area contributed by atoms with Crippen molar-refractivity contribution in [2.24, 2.45) is 0 Å². The van der Waals surface area contributed by atoms with Gasteiger partial charge in [0.1, 0.15) is 0 Å². The Hall–Kier alpha value is -7.54. The largest absolute Gasteiger partial charge is 0.0622 e. The van der Waals surface area contributed by atoms with Gasteiger partial charge in [0.05, 0.1) is 0 Å². The third-order valence-corrected chi connectivity index (χ3v) is 13.4. The van der Waals surface area contributed by atoms with Crippen LogP contribution in [0.4, 0.5) is 0 Å². The van der Waals surface area contributed by atoms with Crippen LogP contribution in [0.15, 0.2) is 194 Å². The fraction of sp³-hybridized carbons (Fsp3) is 0. The molecule has 0 unspecified atom stereocenters. The highest BCUT2D eigenvalue weighted by molar-refractivity contribution is 6.45. The average molecular weight is 729 g/mol. The van der Waals surface area contributed by atoms with Crippen molar-refractivity contribution in [2.75, 3.05) is 0 Å². The normalized spacial score (nSPS) is 12.5. The molecule has 0 saturated carbocycles. The monoisotopic (exact) mass is 728 g/mol. The Kier molecular flexibility index (Phi) is 5.85. The Morgan fingerprint density at radius 3 is 1.45 bits per heavy atom. The SMILES string of the molecule is c1ccc(-c2cc3ccc4ccc5c6cc7c(-c8ccccc8)c8c9cc%10ccccc%10c%10cccc(c8c(-c8ccccc8)c7cc6c6cc(c2)c3c4c56)c%109)cc1. The number of benzene rings is 12. The van der Waals surface area contributed by atoms with Crippen LogP contribution in [0.3, 0.4) is 0 Å². The van der Waals surface area contributed by atoms with E-state index in [2.05, 4.69) is 194 Å². The van der Waals surface area contributed by atoms with E-state index in [4.69, 9.17) is 0 Å². The van der Waals surface area contributed by atoms with E-state index in [1.54, 1.807) is 0 Å². The van der Waals surface area contributed by atoms with E-state index in [1.807, 2.05) is 0 Å². The highest BCUT2D eigenvalue weighted by atomic mass is 14.3. The number of rotatable bonds is 3. The van der Waals surface area contributed by atoms with Gasteiger partial charge >= 0.3 is 0 Å². The molecule has 0 radical (unpaired) electrons.